The first-order valence-corrected chi connectivity index (χ1v) is 8.09. The summed E-state index contributed by atoms with van der Waals surface area (Å²) in [7, 11) is 0. The lowest BCUT2D eigenvalue weighted by Gasteiger charge is -2.08. The van der Waals surface area contributed by atoms with Gasteiger partial charge in [0.2, 0.25) is 0 Å². The number of rotatable bonds is 5. The maximum Gasteiger partial charge on any atom is 0.159 e. The molecule has 0 spiro atoms. The number of ketones is 1. The molecule has 3 heteroatoms. The van der Waals surface area contributed by atoms with Gasteiger partial charge >= 0.3 is 0 Å². The highest BCUT2D eigenvalue weighted by atomic mass is 32.2. The van der Waals surface area contributed by atoms with Crippen molar-refractivity contribution in [2.75, 3.05) is 0 Å². The van der Waals surface area contributed by atoms with Crippen LogP contribution in [0.4, 0.5) is 0 Å². The van der Waals surface area contributed by atoms with Crippen LogP contribution < -0.4 is 0 Å². The fourth-order valence-electron chi connectivity index (χ4n) is 2.35. The third-order valence-corrected chi connectivity index (χ3v) is 4.35. The number of hydrogen-bond donors (Lipinski definition) is 1. The minimum absolute atomic E-state index is 0.0237. The zero-order valence-corrected chi connectivity index (χ0v) is 13.5. The van der Waals surface area contributed by atoms with Crippen molar-refractivity contribution in [2.24, 2.45) is 0 Å². The molecule has 2 rings (SSSR count). The van der Waals surface area contributed by atoms with Crippen molar-refractivity contribution in [1.82, 2.24) is 0 Å². The van der Waals surface area contributed by atoms with Crippen molar-refractivity contribution in [3.63, 3.8) is 0 Å². The monoisotopic (exact) mass is 300 g/mol. The van der Waals surface area contributed by atoms with Gasteiger partial charge in [0, 0.05) is 22.6 Å². The number of thioether (sulfide) groups is 1. The standard InChI is InChI=1S/C18H20O2S/c1-12-6-13(2)8-15(7-12)10-21-11-17-9-16(14(3)19)4-5-18(17)20/h4-9,20H,10-11H2,1-3H3. The molecule has 0 aliphatic carbocycles. The first-order chi connectivity index (χ1) is 9.95. The Kier molecular flexibility index (Phi) is 5.07. The van der Waals surface area contributed by atoms with E-state index in [4.69, 9.17) is 0 Å². The molecular formula is C18H20O2S. The first-order valence-electron chi connectivity index (χ1n) is 6.93. The second-order valence-electron chi connectivity index (χ2n) is 5.39. The van der Waals surface area contributed by atoms with E-state index in [0.717, 1.165) is 11.3 Å². The van der Waals surface area contributed by atoms with Crippen LogP contribution in [0.5, 0.6) is 5.75 Å². The van der Waals surface area contributed by atoms with Crippen LogP contribution in [0.2, 0.25) is 0 Å². The van der Waals surface area contributed by atoms with E-state index in [0.29, 0.717) is 11.3 Å². The molecule has 0 bridgehead atoms. The van der Waals surface area contributed by atoms with E-state index in [2.05, 4.69) is 32.0 Å². The van der Waals surface area contributed by atoms with Crippen molar-refractivity contribution in [3.05, 3.63) is 64.2 Å². The van der Waals surface area contributed by atoms with E-state index in [1.807, 2.05) is 0 Å². The second kappa shape index (κ2) is 6.81. The van der Waals surface area contributed by atoms with Crippen LogP contribution >= 0.6 is 11.8 Å². The molecular weight excluding hydrogens is 280 g/mol. The summed E-state index contributed by atoms with van der Waals surface area (Å²) in [4.78, 5) is 11.4. The van der Waals surface area contributed by atoms with Crippen molar-refractivity contribution >= 4 is 17.5 Å². The summed E-state index contributed by atoms with van der Waals surface area (Å²) in [5.41, 5.74) is 5.30. The van der Waals surface area contributed by atoms with Crippen LogP contribution in [0.15, 0.2) is 36.4 Å². The third-order valence-electron chi connectivity index (χ3n) is 3.29. The molecule has 0 unspecified atom stereocenters. The van der Waals surface area contributed by atoms with Crippen LogP contribution in [0.25, 0.3) is 0 Å². The number of phenolic OH excluding ortho intramolecular Hbond substituents is 1. The maximum absolute atomic E-state index is 11.4. The Labute approximate surface area is 130 Å². The normalized spacial score (nSPS) is 10.6. The molecule has 2 aromatic rings. The molecule has 0 saturated carbocycles. The van der Waals surface area contributed by atoms with E-state index in [1.165, 1.54) is 16.7 Å². The molecule has 0 heterocycles. The number of phenols is 1. The molecule has 0 atom stereocenters. The largest absolute Gasteiger partial charge is 0.508 e. The summed E-state index contributed by atoms with van der Waals surface area (Å²) in [5, 5.41) is 9.88. The van der Waals surface area contributed by atoms with Crippen molar-refractivity contribution in [1.29, 1.82) is 0 Å². The molecule has 1 N–H and O–H groups in total. The van der Waals surface area contributed by atoms with Crippen LogP contribution in [-0.4, -0.2) is 10.9 Å². The third kappa shape index (κ3) is 4.36. The van der Waals surface area contributed by atoms with E-state index in [9.17, 15) is 9.90 Å². The summed E-state index contributed by atoms with van der Waals surface area (Å²) in [6, 6.07) is 11.6. The fraction of sp³-hybridized carbons (Fsp3) is 0.278. The second-order valence-corrected chi connectivity index (χ2v) is 6.37. The SMILES string of the molecule is CC(=O)c1ccc(O)c(CSCc2cc(C)cc(C)c2)c1. The summed E-state index contributed by atoms with van der Waals surface area (Å²) < 4.78 is 0. The van der Waals surface area contributed by atoms with Crippen LogP contribution in [-0.2, 0) is 11.5 Å². The van der Waals surface area contributed by atoms with Gasteiger partial charge in [0.25, 0.3) is 0 Å². The van der Waals surface area contributed by atoms with Gasteiger partial charge in [-0.15, -0.1) is 0 Å². The molecule has 0 radical (unpaired) electrons. The summed E-state index contributed by atoms with van der Waals surface area (Å²) in [6.07, 6.45) is 0. The van der Waals surface area contributed by atoms with Crippen LogP contribution in [0, 0.1) is 13.8 Å². The minimum atomic E-state index is 0.0237. The highest BCUT2D eigenvalue weighted by Crippen LogP contribution is 2.26. The first kappa shape index (κ1) is 15.6. The Bertz CT molecular complexity index is 642. The molecule has 0 aliphatic heterocycles. The lowest BCUT2D eigenvalue weighted by atomic mass is 10.1. The van der Waals surface area contributed by atoms with E-state index in [-0.39, 0.29) is 11.5 Å². The van der Waals surface area contributed by atoms with Gasteiger partial charge in [0.1, 0.15) is 5.75 Å². The Hall–Kier alpha value is -1.74. The molecule has 110 valence electrons. The number of Topliss-reactive ketones (excluding diaryl/α,β-unsaturated/α-hetero) is 1. The topological polar surface area (TPSA) is 37.3 Å². The smallest absolute Gasteiger partial charge is 0.159 e. The number of hydrogen-bond acceptors (Lipinski definition) is 3. The molecule has 0 aliphatic rings. The zero-order valence-electron chi connectivity index (χ0n) is 12.6. The van der Waals surface area contributed by atoms with Gasteiger partial charge in [-0.05, 0) is 44.5 Å². The number of aromatic hydroxyl groups is 1. The van der Waals surface area contributed by atoms with Gasteiger partial charge in [0.15, 0.2) is 5.78 Å². The van der Waals surface area contributed by atoms with Crippen molar-refractivity contribution in [2.45, 2.75) is 32.3 Å². The Morgan fingerprint density at radius 2 is 1.71 bits per heavy atom. The Morgan fingerprint density at radius 1 is 1.05 bits per heavy atom. The number of aryl methyl sites for hydroxylation is 2. The van der Waals surface area contributed by atoms with Crippen LogP contribution in [0.1, 0.15) is 39.5 Å². The predicted octanol–water partition coefficient (Wildman–Crippen LogP) is 4.65. The number of carbonyl (C=O) groups excluding carboxylic acids is 1. The quantitative estimate of drug-likeness (QED) is 0.817. The van der Waals surface area contributed by atoms with Gasteiger partial charge in [-0.3, -0.25) is 4.79 Å². The van der Waals surface area contributed by atoms with E-state index >= 15 is 0 Å². The fourth-order valence-corrected chi connectivity index (χ4v) is 3.31. The minimum Gasteiger partial charge on any atom is -0.508 e. The summed E-state index contributed by atoms with van der Waals surface area (Å²) in [6.45, 7) is 5.74. The van der Waals surface area contributed by atoms with Gasteiger partial charge in [-0.25, -0.2) is 0 Å². The molecule has 0 saturated heterocycles. The van der Waals surface area contributed by atoms with E-state index < -0.39 is 0 Å². The lowest BCUT2D eigenvalue weighted by molar-refractivity contribution is 0.101. The highest BCUT2D eigenvalue weighted by molar-refractivity contribution is 7.97. The lowest BCUT2D eigenvalue weighted by Crippen LogP contribution is -1.94. The molecule has 2 aromatic carbocycles. The highest BCUT2D eigenvalue weighted by Gasteiger charge is 2.06. The van der Waals surface area contributed by atoms with Gasteiger partial charge in [-0.1, -0.05) is 29.3 Å². The molecule has 2 nitrogen and oxygen atoms in total. The van der Waals surface area contributed by atoms with Crippen molar-refractivity contribution < 1.29 is 9.90 Å². The van der Waals surface area contributed by atoms with E-state index in [1.54, 1.807) is 36.9 Å². The average Bonchev–Trinajstić information content (AvgIpc) is 2.39. The van der Waals surface area contributed by atoms with Crippen LogP contribution in [0.3, 0.4) is 0 Å². The number of carbonyl (C=O) groups is 1. The van der Waals surface area contributed by atoms with Gasteiger partial charge < -0.3 is 5.11 Å². The molecule has 0 amide bonds. The molecule has 0 fully saturated rings. The van der Waals surface area contributed by atoms with Gasteiger partial charge in [-0.2, -0.15) is 11.8 Å². The Balaban J connectivity index is 2.03. The Morgan fingerprint density at radius 3 is 2.33 bits per heavy atom. The predicted molar refractivity (Wildman–Crippen MR) is 89.0 cm³/mol. The average molecular weight is 300 g/mol. The van der Waals surface area contributed by atoms with Gasteiger partial charge in [0.05, 0.1) is 0 Å². The maximum atomic E-state index is 11.4. The summed E-state index contributed by atoms with van der Waals surface area (Å²) in [5.74, 6) is 1.87. The molecule has 0 aromatic heterocycles. The summed E-state index contributed by atoms with van der Waals surface area (Å²) >= 11 is 1.74. The number of benzene rings is 2. The van der Waals surface area contributed by atoms with Crippen molar-refractivity contribution in [3.8, 4) is 5.75 Å². The molecule has 21 heavy (non-hydrogen) atoms. The zero-order chi connectivity index (χ0) is 15.4.